The minimum Gasteiger partial charge on any atom is -0.414 e. The van der Waals surface area contributed by atoms with Crippen molar-refractivity contribution in [3.8, 4) is 0 Å². The number of nitrogen functional groups attached to an aromatic ring is 1. The van der Waals surface area contributed by atoms with E-state index in [1.165, 1.54) is 0 Å². The maximum Gasteiger partial charge on any atom is 0.223 e. The molecule has 0 aromatic carbocycles. The van der Waals surface area contributed by atoms with Crippen LogP contribution in [0.2, 0.25) is 41.4 Å². The lowest BCUT2D eigenvalue weighted by Crippen LogP contribution is -2.45. The van der Waals surface area contributed by atoms with Crippen LogP contribution in [-0.2, 0) is 13.6 Å². The molecule has 0 aliphatic carbocycles. The molecule has 8 nitrogen and oxygen atoms in total. The van der Waals surface area contributed by atoms with E-state index in [4.69, 9.17) is 30.9 Å². The van der Waals surface area contributed by atoms with Gasteiger partial charge < -0.3 is 19.3 Å². The third-order valence-corrected chi connectivity index (χ3v) is 16.9. The Balaban J connectivity index is 1.99. The van der Waals surface area contributed by atoms with Gasteiger partial charge in [0.05, 0.1) is 12.9 Å². The highest BCUT2D eigenvalue weighted by Crippen LogP contribution is 2.44. The van der Waals surface area contributed by atoms with Gasteiger partial charge >= 0.3 is 0 Å². The topological polar surface area (TPSA) is 97.3 Å². The second-order valence-corrected chi connectivity index (χ2v) is 22.1. The van der Waals surface area contributed by atoms with Crippen LogP contribution in [0.15, 0.2) is 18.5 Å². The van der Waals surface area contributed by atoms with Crippen LogP contribution in [0, 0.1) is 0 Å². The van der Waals surface area contributed by atoms with Crippen LogP contribution < -0.4 is 5.73 Å². The monoisotopic (exact) mass is 525 g/mol. The molecule has 2 N–H and O–H groups in total. The Labute approximate surface area is 210 Å². The number of halogens is 1. The van der Waals surface area contributed by atoms with Crippen molar-refractivity contribution in [1.82, 2.24) is 19.5 Å². The van der Waals surface area contributed by atoms with E-state index in [1.807, 2.05) is 4.57 Å². The molecule has 11 heteroatoms. The van der Waals surface area contributed by atoms with Gasteiger partial charge in [0.1, 0.15) is 17.7 Å². The molecule has 0 unspecified atom stereocenters. The Kier molecular flexibility index (Phi) is 7.20. The highest BCUT2D eigenvalue weighted by molar-refractivity contribution is 6.74. The zero-order valence-corrected chi connectivity index (χ0v) is 24.9. The molecule has 3 heterocycles. The standard InChI is InChI=1S/C23H40ClN5O3Si2/c1-14-15(12-30-33(8,9)22(2,3)4)31-20(17(14)32-34(10,11)23(5,6)7)29-13-26-16-18(24)27-21(25)28-19(16)29/h13,15,17,20H,1,12H2,2-11H3,(H2,25,27,28)/t15-,17-,20-/m1/s1. The molecule has 0 amide bonds. The smallest absolute Gasteiger partial charge is 0.223 e. The van der Waals surface area contributed by atoms with E-state index in [9.17, 15) is 0 Å². The van der Waals surface area contributed by atoms with Crippen molar-refractivity contribution in [2.75, 3.05) is 12.3 Å². The molecule has 0 saturated carbocycles. The van der Waals surface area contributed by atoms with E-state index in [2.05, 4.69) is 89.3 Å². The molecule has 2 aromatic rings. The molecular formula is C23H40ClN5O3Si2. The molecule has 1 saturated heterocycles. The van der Waals surface area contributed by atoms with Gasteiger partial charge in [-0.25, -0.2) is 4.98 Å². The van der Waals surface area contributed by atoms with E-state index in [-0.39, 0.29) is 33.4 Å². The fourth-order valence-electron chi connectivity index (χ4n) is 3.26. The fraction of sp³-hybridized carbons (Fsp3) is 0.696. The summed E-state index contributed by atoms with van der Waals surface area (Å²) in [6, 6.07) is 0. The van der Waals surface area contributed by atoms with Crippen molar-refractivity contribution in [2.24, 2.45) is 0 Å². The molecule has 1 aliphatic heterocycles. The van der Waals surface area contributed by atoms with Crippen LogP contribution in [-0.4, -0.2) is 55.0 Å². The Morgan fingerprint density at radius 2 is 1.68 bits per heavy atom. The molecule has 1 fully saturated rings. The maximum absolute atomic E-state index is 6.86. The number of anilines is 1. The van der Waals surface area contributed by atoms with Gasteiger partial charge in [-0.3, -0.25) is 4.57 Å². The number of imidazole rings is 1. The van der Waals surface area contributed by atoms with E-state index >= 15 is 0 Å². The van der Waals surface area contributed by atoms with E-state index in [0.717, 1.165) is 5.57 Å². The van der Waals surface area contributed by atoms with Crippen molar-refractivity contribution in [3.05, 3.63) is 23.6 Å². The van der Waals surface area contributed by atoms with Crippen LogP contribution in [0.1, 0.15) is 47.8 Å². The summed E-state index contributed by atoms with van der Waals surface area (Å²) in [5, 5.41) is 0.313. The highest BCUT2D eigenvalue weighted by atomic mass is 35.5. The summed E-state index contributed by atoms with van der Waals surface area (Å²) in [6.07, 6.45) is 0.425. The Morgan fingerprint density at radius 1 is 1.09 bits per heavy atom. The van der Waals surface area contributed by atoms with E-state index < -0.39 is 22.9 Å². The van der Waals surface area contributed by atoms with Crippen molar-refractivity contribution in [3.63, 3.8) is 0 Å². The molecule has 0 bridgehead atoms. The van der Waals surface area contributed by atoms with E-state index in [1.54, 1.807) is 6.33 Å². The molecule has 3 atom stereocenters. The molecule has 3 rings (SSSR count). The quantitative estimate of drug-likeness (QED) is 0.283. The molecule has 0 spiro atoms. The minimum atomic E-state index is -2.16. The maximum atomic E-state index is 6.86. The number of aromatic nitrogens is 4. The van der Waals surface area contributed by atoms with Crippen LogP contribution in [0.3, 0.4) is 0 Å². The molecule has 1 aliphatic rings. The summed E-state index contributed by atoms with van der Waals surface area (Å²) in [7, 11) is -4.14. The zero-order valence-electron chi connectivity index (χ0n) is 22.2. The lowest BCUT2D eigenvalue weighted by Gasteiger charge is -2.39. The first-order valence-electron chi connectivity index (χ1n) is 11.7. The first-order chi connectivity index (χ1) is 15.4. The van der Waals surface area contributed by atoms with Crippen molar-refractivity contribution in [2.45, 2.75) is 96.2 Å². The van der Waals surface area contributed by atoms with Gasteiger partial charge in [0.15, 0.2) is 33.7 Å². The fourth-order valence-corrected chi connectivity index (χ4v) is 5.74. The van der Waals surface area contributed by atoms with Gasteiger partial charge in [0.25, 0.3) is 0 Å². The van der Waals surface area contributed by atoms with Crippen LogP contribution in [0.5, 0.6) is 0 Å². The normalized spacial score (nSPS) is 22.7. The van der Waals surface area contributed by atoms with Gasteiger partial charge in [-0.1, -0.05) is 59.7 Å². The largest absolute Gasteiger partial charge is 0.414 e. The Morgan fingerprint density at radius 3 is 2.24 bits per heavy atom. The second-order valence-electron chi connectivity index (χ2n) is 12.2. The van der Waals surface area contributed by atoms with Crippen LogP contribution in [0.25, 0.3) is 11.2 Å². The van der Waals surface area contributed by atoms with Crippen molar-refractivity contribution < 1.29 is 13.6 Å². The minimum absolute atomic E-state index is 0.0144. The van der Waals surface area contributed by atoms with Gasteiger partial charge in [0, 0.05) is 0 Å². The molecular weight excluding hydrogens is 486 g/mol. The predicted molar refractivity (Wildman–Crippen MR) is 143 cm³/mol. The number of fused-ring (bicyclic) bond motifs is 1. The predicted octanol–water partition coefficient (Wildman–Crippen LogP) is 5.93. The van der Waals surface area contributed by atoms with Gasteiger partial charge in [0.2, 0.25) is 5.95 Å². The summed E-state index contributed by atoms with van der Waals surface area (Å²) in [6.45, 7) is 27.1. The average molecular weight is 526 g/mol. The SMILES string of the molecule is C=C1[C@@H](O[Si](C)(C)C(C)(C)C)[C@H](n2cnc3c(Cl)nc(N)nc32)O[C@@H]1CO[Si](C)(C)C(C)(C)C. The summed E-state index contributed by atoms with van der Waals surface area (Å²) in [4.78, 5) is 12.8. The Hall–Kier alpha value is -1.31. The lowest BCUT2D eigenvalue weighted by atomic mass is 10.1. The molecule has 34 heavy (non-hydrogen) atoms. The summed E-state index contributed by atoms with van der Waals surface area (Å²) >= 11 is 6.28. The summed E-state index contributed by atoms with van der Waals surface area (Å²) < 4.78 is 21.8. The first-order valence-corrected chi connectivity index (χ1v) is 17.9. The van der Waals surface area contributed by atoms with Crippen molar-refractivity contribution >= 4 is 45.3 Å². The van der Waals surface area contributed by atoms with E-state index in [0.29, 0.717) is 17.8 Å². The van der Waals surface area contributed by atoms with Crippen LogP contribution >= 0.6 is 11.6 Å². The van der Waals surface area contributed by atoms with Gasteiger partial charge in [-0.05, 0) is 41.8 Å². The number of hydrogen-bond acceptors (Lipinski definition) is 7. The molecule has 0 radical (unpaired) electrons. The number of hydrogen-bond donors (Lipinski definition) is 1. The van der Waals surface area contributed by atoms with Crippen LogP contribution in [0.4, 0.5) is 5.95 Å². The third-order valence-electron chi connectivity index (χ3n) is 7.64. The highest BCUT2D eigenvalue weighted by Gasteiger charge is 2.48. The van der Waals surface area contributed by atoms with Crippen molar-refractivity contribution in [1.29, 1.82) is 0 Å². The average Bonchev–Trinajstić information content (AvgIpc) is 3.20. The summed E-state index contributed by atoms with van der Waals surface area (Å²) in [5.74, 6) is 0.0794. The summed E-state index contributed by atoms with van der Waals surface area (Å²) in [5.41, 5.74) is 7.73. The number of rotatable bonds is 6. The van der Waals surface area contributed by atoms with Gasteiger partial charge in [-0.15, -0.1) is 0 Å². The molecule has 2 aromatic heterocycles. The number of nitrogens with zero attached hydrogens (tertiary/aromatic N) is 4. The molecule has 190 valence electrons. The third kappa shape index (κ3) is 5.12. The Bertz CT molecular complexity index is 1070. The first kappa shape index (κ1) is 27.3. The zero-order chi connectivity index (χ0) is 25.9. The number of ether oxygens (including phenoxy) is 1. The lowest BCUT2D eigenvalue weighted by molar-refractivity contribution is -0.0438. The van der Waals surface area contributed by atoms with Gasteiger partial charge in [-0.2, -0.15) is 9.97 Å². The second kappa shape index (κ2) is 8.97. The number of nitrogens with two attached hydrogens (primary N) is 1.